The van der Waals surface area contributed by atoms with Crippen LogP contribution in [0.15, 0.2) is 96.8 Å². The Labute approximate surface area is 223 Å². The summed E-state index contributed by atoms with van der Waals surface area (Å²) in [6.45, 7) is 6.72. The number of allylic oxidation sites excluding steroid dienone is 2. The van der Waals surface area contributed by atoms with E-state index in [1.54, 1.807) is 60.7 Å². The van der Waals surface area contributed by atoms with Crippen molar-refractivity contribution in [3.8, 4) is 0 Å². The van der Waals surface area contributed by atoms with Gasteiger partial charge in [0, 0.05) is 10.8 Å². The van der Waals surface area contributed by atoms with Crippen LogP contribution in [-0.2, 0) is 20.2 Å². The average Bonchev–Trinajstić information content (AvgIpc) is 2.66. The van der Waals surface area contributed by atoms with Crippen LogP contribution in [0.25, 0.3) is 12.2 Å². The second-order valence-corrected chi connectivity index (χ2v) is 7.40. The van der Waals surface area contributed by atoms with Crippen molar-refractivity contribution >= 4 is 32.4 Å². The van der Waals surface area contributed by atoms with Gasteiger partial charge < -0.3 is 9.11 Å². The Kier molecular flexibility index (Phi) is 21.4. The number of rotatable bonds is 5. The Hall–Kier alpha value is -0.780. The van der Waals surface area contributed by atoms with E-state index in [-0.39, 0.29) is 59.1 Å². The van der Waals surface area contributed by atoms with Crippen molar-refractivity contribution < 1.29 is 85.1 Å². The first-order chi connectivity index (χ1) is 13.1. The van der Waals surface area contributed by atoms with Crippen molar-refractivity contribution in [2.75, 3.05) is 0 Å². The summed E-state index contributed by atoms with van der Waals surface area (Å²) in [4.78, 5) is 0. The molecule has 0 aliphatic heterocycles. The minimum atomic E-state index is -4.25. The Bertz CT molecular complexity index is 903. The molecule has 0 aromatic heterocycles. The van der Waals surface area contributed by atoms with Gasteiger partial charge >= 0.3 is 59.1 Å². The topological polar surface area (TPSA) is 114 Å². The molecule has 0 fully saturated rings. The molecule has 30 heavy (non-hydrogen) atoms. The fraction of sp³-hybridized carbons (Fsp3) is 0. The molecule has 2 rings (SSSR count). The molecular formula is C20H20Na2O6S2. The first-order valence-electron chi connectivity index (χ1n) is 7.69. The zero-order valence-corrected chi connectivity index (χ0v) is 22.6. The van der Waals surface area contributed by atoms with Crippen molar-refractivity contribution in [2.24, 2.45) is 0 Å². The van der Waals surface area contributed by atoms with E-state index in [0.29, 0.717) is 21.9 Å². The molecule has 0 unspecified atom stereocenters. The predicted molar refractivity (Wildman–Crippen MR) is 111 cm³/mol. The van der Waals surface area contributed by atoms with Gasteiger partial charge in [-0.25, -0.2) is 16.8 Å². The monoisotopic (exact) mass is 466 g/mol. The van der Waals surface area contributed by atoms with Gasteiger partial charge in [0.15, 0.2) is 0 Å². The maximum absolute atomic E-state index is 10.2. The maximum atomic E-state index is 10.2. The van der Waals surface area contributed by atoms with Gasteiger partial charge in [0.1, 0.15) is 20.2 Å². The Balaban J connectivity index is -0.000000391. The summed E-state index contributed by atoms with van der Waals surface area (Å²) in [5.74, 6) is 0. The summed E-state index contributed by atoms with van der Waals surface area (Å²) in [6, 6.07) is 17.5. The molecular weight excluding hydrogens is 446 g/mol. The van der Waals surface area contributed by atoms with Crippen molar-refractivity contribution in [1.29, 1.82) is 0 Å². The third-order valence-electron chi connectivity index (χ3n) is 2.62. The molecule has 0 saturated carbocycles. The molecule has 0 spiro atoms. The Morgan fingerprint density at radius 1 is 0.600 bits per heavy atom. The van der Waals surface area contributed by atoms with Crippen molar-refractivity contribution in [3.63, 3.8) is 0 Å². The van der Waals surface area contributed by atoms with E-state index in [4.69, 9.17) is 0 Å². The molecule has 0 radical (unpaired) electrons. The molecule has 0 aliphatic rings. The minimum Gasteiger partial charge on any atom is -0.744 e. The molecule has 0 bridgehead atoms. The molecule has 6 nitrogen and oxygen atoms in total. The zero-order chi connectivity index (χ0) is 21.5. The van der Waals surface area contributed by atoms with Crippen LogP contribution < -0.4 is 59.1 Å². The standard InChI is InChI=1S/2C8H8O3S.C4H6.2Na/c2*9-12(10,11)7-6-8-4-2-1-3-5-8;1-3-4-2;;/h2*1-7H,(H,9,10,11);3-4H,1-2H2;;/q;;;2*+1/p-2. The van der Waals surface area contributed by atoms with Crippen LogP contribution in [-0.4, -0.2) is 25.9 Å². The van der Waals surface area contributed by atoms with E-state index >= 15 is 0 Å². The van der Waals surface area contributed by atoms with Gasteiger partial charge in [-0.1, -0.05) is 86.0 Å². The summed E-state index contributed by atoms with van der Waals surface area (Å²) in [5, 5.41) is 1.28. The third kappa shape index (κ3) is 23.5. The molecule has 150 valence electrons. The van der Waals surface area contributed by atoms with Crippen LogP contribution in [0, 0.1) is 0 Å². The Morgan fingerprint density at radius 3 is 1.07 bits per heavy atom. The van der Waals surface area contributed by atoms with Gasteiger partial charge in [0.25, 0.3) is 0 Å². The summed E-state index contributed by atoms with van der Waals surface area (Å²) in [5.41, 5.74) is 1.38. The van der Waals surface area contributed by atoms with Crippen LogP contribution in [0.1, 0.15) is 11.1 Å². The van der Waals surface area contributed by atoms with Crippen molar-refractivity contribution in [2.45, 2.75) is 0 Å². The van der Waals surface area contributed by atoms with Gasteiger partial charge in [0.05, 0.1) is 0 Å². The van der Waals surface area contributed by atoms with Crippen LogP contribution in [0.2, 0.25) is 0 Å². The first-order valence-corrected chi connectivity index (χ1v) is 10.6. The van der Waals surface area contributed by atoms with Gasteiger partial charge in [0.2, 0.25) is 0 Å². The predicted octanol–water partition coefficient (Wildman–Crippen LogP) is -2.23. The van der Waals surface area contributed by atoms with Crippen LogP contribution >= 0.6 is 0 Å². The Morgan fingerprint density at radius 2 is 0.867 bits per heavy atom. The van der Waals surface area contributed by atoms with Crippen molar-refractivity contribution in [3.05, 3.63) is 108 Å². The minimum absolute atomic E-state index is 0. The van der Waals surface area contributed by atoms with E-state index < -0.39 is 20.2 Å². The quantitative estimate of drug-likeness (QED) is 0.280. The van der Waals surface area contributed by atoms with Crippen molar-refractivity contribution in [1.82, 2.24) is 0 Å². The second kappa shape index (κ2) is 18.9. The molecule has 0 N–H and O–H groups in total. The maximum Gasteiger partial charge on any atom is 1.00 e. The summed E-state index contributed by atoms with van der Waals surface area (Å²) in [7, 11) is -8.51. The van der Waals surface area contributed by atoms with Gasteiger partial charge in [-0.3, -0.25) is 0 Å². The SMILES string of the molecule is C=CC=C.O=S(=O)([O-])C=Cc1ccccc1.O=S(=O)([O-])C=Cc1ccccc1.[Na+].[Na+]. The summed E-state index contributed by atoms with van der Waals surface area (Å²) in [6.07, 6.45) is 5.81. The van der Waals surface area contributed by atoms with E-state index in [1.807, 2.05) is 12.1 Å². The molecule has 2 aromatic carbocycles. The molecule has 2 aromatic rings. The van der Waals surface area contributed by atoms with Gasteiger partial charge in [-0.15, -0.1) is 0 Å². The average molecular weight is 466 g/mol. The van der Waals surface area contributed by atoms with Gasteiger partial charge in [-0.2, -0.15) is 0 Å². The van der Waals surface area contributed by atoms with Crippen LogP contribution in [0.5, 0.6) is 0 Å². The number of hydrogen-bond donors (Lipinski definition) is 0. The third-order valence-corrected chi connectivity index (χ3v) is 3.56. The zero-order valence-electron chi connectivity index (χ0n) is 16.9. The molecule has 0 aliphatic carbocycles. The second-order valence-electron chi connectivity index (χ2n) is 4.88. The first kappa shape index (κ1) is 33.8. The van der Waals surface area contributed by atoms with E-state index in [0.717, 1.165) is 0 Å². The molecule has 10 heteroatoms. The normalized spacial score (nSPS) is 10.3. The summed E-state index contributed by atoms with van der Waals surface area (Å²) >= 11 is 0. The number of hydrogen-bond acceptors (Lipinski definition) is 6. The molecule has 0 amide bonds. The fourth-order valence-corrected chi connectivity index (χ4v) is 2.10. The number of benzene rings is 2. The van der Waals surface area contributed by atoms with Gasteiger partial charge in [-0.05, 0) is 23.3 Å². The molecule has 0 atom stereocenters. The van der Waals surface area contributed by atoms with E-state index in [1.165, 1.54) is 12.2 Å². The molecule has 0 saturated heterocycles. The fourth-order valence-electron chi connectivity index (χ4n) is 1.45. The smallest absolute Gasteiger partial charge is 0.744 e. The largest absolute Gasteiger partial charge is 1.00 e. The van der Waals surface area contributed by atoms with Crippen LogP contribution in [0.3, 0.4) is 0 Å². The summed E-state index contributed by atoms with van der Waals surface area (Å²) < 4.78 is 61.0. The van der Waals surface area contributed by atoms with E-state index in [2.05, 4.69) is 13.2 Å². The molecule has 0 heterocycles. The van der Waals surface area contributed by atoms with Crippen LogP contribution in [0.4, 0.5) is 0 Å². The van der Waals surface area contributed by atoms with E-state index in [9.17, 15) is 25.9 Å².